The molecule has 2 rings (SSSR count). The van der Waals surface area contributed by atoms with E-state index < -0.39 is 0 Å². The van der Waals surface area contributed by atoms with Crippen LogP contribution in [-0.2, 0) is 19.3 Å². The van der Waals surface area contributed by atoms with Crippen molar-refractivity contribution in [2.45, 2.75) is 39.5 Å². The van der Waals surface area contributed by atoms with Gasteiger partial charge in [-0.05, 0) is 54.0 Å². The molecule has 0 aromatic carbocycles. The topological polar surface area (TPSA) is 20.2 Å². The van der Waals surface area contributed by atoms with E-state index in [1.54, 1.807) is 11.1 Å². The van der Waals surface area contributed by atoms with Crippen molar-refractivity contribution < 1.29 is 5.11 Å². The minimum atomic E-state index is 0.358. The first-order valence-electron chi connectivity index (χ1n) is 5.89. The van der Waals surface area contributed by atoms with Crippen molar-refractivity contribution >= 4 is 11.3 Å². The van der Waals surface area contributed by atoms with Gasteiger partial charge < -0.3 is 5.11 Å². The Morgan fingerprint density at radius 2 is 2.33 bits per heavy atom. The summed E-state index contributed by atoms with van der Waals surface area (Å²) < 4.78 is 0. The van der Waals surface area contributed by atoms with Crippen molar-refractivity contribution in [1.29, 1.82) is 0 Å². The standard InChI is InChI=1S/C13H20OS/c1-9(2)5-11-8-15-13-6-10(7-14)3-4-12(11)13/h8-10,14H,3-7H2,1-2H3. The Kier molecular flexibility index (Phi) is 3.47. The summed E-state index contributed by atoms with van der Waals surface area (Å²) in [6, 6.07) is 0. The predicted octanol–water partition coefficient (Wildman–Crippen LogP) is 3.04. The zero-order valence-electron chi connectivity index (χ0n) is 9.62. The maximum Gasteiger partial charge on any atom is 0.0462 e. The lowest BCUT2D eigenvalue weighted by atomic mass is 9.86. The monoisotopic (exact) mass is 224 g/mol. The van der Waals surface area contributed by atoms with Crippen LogP contribution in [0.3, 0.4) is 0 Å². The lowest BCUT2D eigenvalue weighted by molar-refractivity contribution is 0.214. The van der Waals surface area contributed by atoms with Crippen molar-refractivity contribution in [1.82, 2.24) is 0 Å². The molecular formula is C13H20OS. The Balaban J connectivity index is 2.15. The third-order valence-corrected chi connectivity index (χ3v) is 4.33. The van der Waals surface area contributed by atoms with E-state index in [1.165, 1.54) is 24.1 Å². The number of hydrogen-bond acceptors (Lipinski definition) is 2. The molecule has 0 spiro atoms. The summed E-state index contributed by atoms with van der Waals surface area (Å²) in [7, 11) is 0. The first kappa shape index (κ1) is 11.2. The maximum absolute atomic E-state index is 9.17. The quantitative estimate of drug-likeness (QED) is 0.836. The molecule has 0 radical (unpaired) electrons. The van der Waals surface area contributed by atoms with Gasteiger partial charge in [0, 0.05) is 11.5 Å². The van der Waals surface area contributed by atoms with Gasteiger partial charge in [-0.2, -0.15) is 0 Å². The number of fused-ring (bicyclic) bond motifs is 1. The summed E-state index contributed by atoms with van der Waals surface area (Å²) in [4.78, 5) is 1.54. The Morgan fingerprint density at radius 3 is 3.00 bits per heavy atom. The second-order valence-corrected chi connectivity index (χ2v) is 6.02. The van der Waals surface area contributed by atoms with E-state index in [0.29, 0.717) is 12.5 Å². The lowest BCUT2D eigenvalue weighted by Gasteiger charge is -2.21. The van der Waals surface area contributed by atoms with Gasteiger partial charge in [0.15, 0.2) is 0 Å². The molecule has 1 heterocycles. The van der Waals surface area contributed by atoms with Crippen molar-refractivity contribution in [2.24, 2.45) is 11.8 Å². The van der Waals surface area contributed by atoms with E-state index in [1.807, 2.05) is 11.3 Å². The fourth-order valence-corrected chi connectivity index (χ4v) is 3.64. The SMILES string of the molecule is CC(C)Cc1csc2c1CCC(CO)C2. The van der Waals surface area contributed by atoms with Crippen LogP contribution in [0.5, 0.6) is 0 Å². The van der Waals surface area contributed by atoms with Gasteiger partial charge in [0.2, 0.25) is 0 Å². The van der Waals surface area contributed by atoms with Crippen LogP contribution in [0, 0.1) is 11.8 Å². The van der Waals surface area contributed by atoms with E-state index in [0.717, 1.165) is 12.3 Å². The first-order valence-corrected chi connectivity index (χ1v) is 6.77. The van der Waals surface area contributed by atoms with Gasteiger partial charge in [-0.15, -0.1) is 11.3 Å². The summed E-state index contributed by atoms with van der Waals surface area (Å²) in [5, 5.41) is 11.5. The highest BCUT2D eigenvalue weighted by molar-refractivity contribution is 7.10. The van der Waals surface area contributed by atoms with Crippen LogP contribution in [0.15, 0.2) is 5.38 Å². The minimum absolute atomic E-state index is 0.358. The average molecular weight is 224 g/mol. The van der Waals surface area contributed by atoms with E-state index in [9.17, 15) is 5.11 Å². The Hall–Kier alpha value is -0.340. The smallest absolute Gasteiger partial charge is 0.0462 e. The molecule has 1 aliphatic rings. The highest BCUT2D eigenvalue weighted by atomic mass is 32.1. The Bertz CT molecular complexity index is 327. The van der Waals surface area contributed by atoms with Gasteiger partial charge >= 0.3 is 0 Å². The van der Waals surface area contributed by atoms with Gasteiger partial charge in [-0.3, -0.25) is 0 Å². The summed E-state index contributed by atoms with van der Waals surface area (Å²) in [5.41, 5.74) is 3.18. The molecule has 0 aliphatic heterocycles. The van der Waals surface area contributed by atoms with Crippen molar-refractivity contribution in [3.8, 4) is 0 Å². The molecule has 0 bridgehead atoms. The van der Waals surface area contributed by atoms with Crippen LogP contribution in [0.4, 0.5) is 0 Å². The lowest BCUT2D eigenvalue weighted by Crippen LogP contribution is -2.16. The molecule has 1 nitrogen and oxygen atoms in total. The normalized spacial score (nSPS) is 20.7. The average Bonchev–Trinajstić information content (AvgIpc) is 2.60. The fraction of sp³-hybridized carbons (Fsp3) is 0.692. The first-order chi connectivity index (χ1) is 7.20. The van der Waals surface area contributed by atoms with Crippen LogP contribution < -0.4 is 0 Å². The Labute approximate surface area is 96.1 Å². The van der Waals surface area contributed by atoms with Crippen LogP contribution >= 0.6 is 11.3 Å². The fourth-order valence-electron chi connectivity index (χ4n) is 2.41. The summed E-state index contributed by atoms with van der Waals surface area (Å²) in [6.45, 7) is 4.92. The van der Waals surface area contributed by atoms with E-state index in [2.05, 4.69) is 19.2 Å². The van der Waals surface area contributed by atoms with Crippen LogP contribution in [0.25, 0.3) is 0 Å². The third-order valence-electron chi connectivity index (χ3n) is 3.23. The van der Waals surface area contributed by atoms with Gasteiger partial charge in [0.1, 0.15) is 0 Å². The molecule has 1 aliphatic carbocycles. The largest absolute Gasteiger partial charge is 0.396 e. The highest BCUT2D eigenvalue weighted by Crippen LogP contribution is 2.33. The molecule has 0 amide bonds. The van der Waals surface area contributed by atoms with Gasteiger partial charge in [-0.1, -0.05) is 13.8 Å². The second kappa shape index (κ2) is 4.67. The summed E-state index contributed by atoms with van der Waals surface area (Å²) in [5.74, 6) is 1.27. The highest BCUT2D eigenvalue weighted by Gasteiger charge is 2.22. The van der Waals surface area contributed by atoms with Gasteiger partial charge in [0.25, 0.3) is 0 Å². The molecule has 1 aromatic rings. The third kappa shape index (κ3) is 2.43. The minimum Gasteiger partial charge on any atom is -0.396 e. The van der Waals surface area contributed by atoms with Crippen LogP contribution in [0.1, 0.15) is 36.3 Å². The molecular weight excluding hydrogens is 204 g/mol. The molecule has 1 unspecified atom stereocenters. The predicted molar refractivity (Wildman–Crippen MR) is 65.5 cm³/mol. The van der Waals surface area contributed by atoms with Crippen LogP contribution in [0.2, 0.25) is 0 Å². The molecule has 2 heteroatoms. The summed E-state index contributed by atoms with van der Waals surface area (Å²) in [6.07, 6.45) is 4.68. The van der Waals surface area contributed by atoms with E-state index >= 15 is 0 Å². The molecule has 15 heavy (non-hydrogen) atoms. The van der Waals surface area contributed by atoms with Gasteiger partial charge in [0.05, 0.1) is 0 Å². The van der Waals surface area contributed by atoms with Crippen molar-refractivity contribution in [3.63, 3.8) is 0 Å². The van der Waals surface area contributed by atoms with E-state index in [-0.39, 0.29) is 0 Å². The zero-order chi connectivity index (χ0) is 10.8. The number of hydrogen-bond donors (Lipinski definition) is 1. The molecule has 0 saturated carbocycles. The molecule has 0 saturated heterocycles. The van der Waals surface area contributed by atoms with Crippen molar-refractivity contribution in [3.05, 3.63) is 21.4 Å². The number of aliphatic hydroxyl groups excluding tert-OH is 1. The van der Waals surface area contributed by atoms with Gasteiger partial charge in [-0.25, -0.2) is 0 Å². The molecule has 1 N–H and O–H groups in total. The molecule has 1 aromatic heterocycles. The summed E-state index contributed by atoms with van der Waals surface area (Å²) >= 11 is 1.90. The molecule has 0 fully saturated rings. The molecule has 84 valence electrons. The molecule has 1 atom stereocenters. The van der Waals surface area contributed by atoms with Crippen LogP contribution in [-0.4, -0.2) is 11.7 Å². The Morgan fingerprint density at radius 1 is 1.53 bits per heavy atom. The second-order valence-electron chi connectivity index (χ2n) is 5.05. The number of thiophene rings is 1. The number of aliphatic hydroxyl groups is 1. The van der Waals surface area contributed by atoms with E-state index in [4.69, 9.17) is 0 Å². The maximum atomic E-state index is 9.17. The zero-order valence-corrected chi connectivity index (χ0v) is 10.4. The van der Waals surface area contributed by atoms with Crippen molar-refractivity contribution in [2.75, 3.05) is 6.61 Å². The number of rotatable bonds is 3.